The molecule has 1 heterocycles. The first-order chi connectivity index (χ1) is 9.25. The van der Waals surface area contributed by atoms with Gasteiger partial charge in [-0.25, -0.2) is 0 Å². The van der Waals surface area contributed by atoms with Crippen molar-refractivity contribution >= 4 is 12.4 Å². The zero-order valence-electron chi connectivity index (χ0n) is 12.3. The molecule has 1 saturated heterocycles. The molecule has 1 aliphatic rings. The lowest BCUT2D eigenvalue weighted by Crippen LogP contribution is -2.36. The summed E-state index contributed by atoms with van der Waals surface area (Å²) < 4.78 is 5.69. The molecule has 1 aromatic rings. The van der Waals surface area contributed by atoms with Crippen LogP contribution in [0.3, 0.4) is 0 Å². The first kappa shape index (κ1) is 17.3. The van der Waals surface area contributed by atoms with E-state index in [2.05, 4.69) is 4.90 Å². The van der Waals surface area contributed by atoms with Gasteiger partial charge in [0.15, 0.2) is 0 Å². The van der Waals surface area contributed by atoms with E-state index in [0.717, 1.165) is 30.9 Å². The third kappa shape index (κ3) is 5.70. The maximum absolute atomic E-state index is 10.1. The number of hydrogen-bond acceptors (Lipinski definition) is 3. The smallest absolute Gasteiger partial charge is 0.122 e. The Morgan fingerprint density at radius 2 is 1.80 bits per heavy atom. The maximum atomic E-state index is 10.1. The van der Waals surface area contributed by atoms with E-state index in [-0.39, 0.29) is 12.4 Å². The van der Waals surface area contributed by atoms with Gasteiger partial charge in [-0.2, -0.15) is 0 Å². The molecule has 1 unspecified atom stereocenters. The highest BCUT2D eigenvalue weighted by Gasteiger charge is 2.14. The fraction of sp³-hybridized carbons (Fsp3) is 0.625. The van der Waals surface area contributed by atoms with Crippen molar-refractivity contribution in [1.29, 1.82) is 0 Å². The van der Waals surface area contributed by atoms with Crippen LogP contribution in [0.15, 0.2) is 24.3 Å². The van der Waals surface area contributed by atoms with Gasteiger partial charge >= 0.3 is 0 Å². The Labute approximate surface area is 128 Å². The van der Waals surface area contributed by atoms with Crippen LogP contribution < -0.4 is 4.74 Å². The molecule has 0 bridgehead atoms. The van der Waals surface area contributed by atoms with Crippen molar-refractivity contribution in [2.45, 2.75) is 38.7 Å². The van der Waals surface area contributed by atoms with Crippen LogP contribution in [0.25, 0.3) is 0 Å². The number of aliphatic hydroxyl groups is 1. The van der Waals surface area contributed by atoms with E-state index in [9.17, 15) is 5.11 Å². The minimum absolute atomic E-state index is 0. The van der Waals surface area contributed by atoms with Crippen molar-refractivity contribution in [1.82, 2.24) is 4.90 Å². The summed E-state index contributed by atoms with van der Waals surface area (Å²) in [5, 5.41) is 10.1. The second kappa shape index (κ2) is 9.22. The summed E-state index contributed by atoms with van der Waals surface area (Å²) in [6, 6.07) is 7.93. The lowest BCUT2D eigenvalue weighted by molar-refractivity contribution is 0.0691. The van der Waals surface area contributed by atoms with Crippen molar-refractivity contribution in [3.63, 3.8) is 0 Å². The van der Waals surface area contributed by atoms with Crippen molar-refractivity contribution in [2.75, 3.05) is 26.2 Å². The van der Waals surface area contributed by atoms with E-state index in [1.807, 2.05) is 31.2 Å². The van der Waals surface area contributed by atoms with Gasteiger partial charge in [-0.3, -0.25) is 0 Å². The molecular weight excluding hydrogens is 274 g/mol. The number of para-hydroxylation sites is 1. The van der Waals surface area contributed by atoms with Crippen LogP contribution in [-0.2, 0) is 0 Å². The van der Waals surface area contributed by atoms with Gasteiger partial charge in [0.2, 0.25) is 0 Å². The second-order valence-corrected chi connectivity index (χ2v) is 5.45. The van der Waals surface area contributed by atoms with Crippen LogP contribution in [0.5, 0.6) is 5.75 Å². The van der Waals surface area contributed by atoms with Crippen molar-refractivity contribution in [3.05, 3.63) is 29.8 Å². The van der Waals surface area contributed by atoms with E-state index in [4.69, 9.17) is 4.74 Å². The van der Waals surface area contributed by atoms with Gasteiger partial charge in [0.05, 0.1) is 0 Å². The zero-order valence-corrected chi connectivity index (χ0v) is 13.1. The van der Waals surface area contributed by atoms with Gasteiger partial charge in [0, 0.05) is 6.54 Å². The van der Waals surface area contributed by atoms with E-state index < -0.39 is 6.10 Å². The molecule has 1 aromatic carbocycles. The molecule has 20 heavy (non-hydrogen) atoms. The predicted octanol–water partition coefficient (Wildman–Crippen LogP) is 3.03. The molecule has 0 radical (unpaired) electrons. The normalized spacial score (nSPS) is 17.9. The molecule has 0 aromatic heterocycles. The summed E-state index contributed by atoms with van der Waals surface area (Å²) in [6.45, 7) is 5.35. The number of benzene rings is 1. The molecule has 1 N–H and O–H groups in total. The highest BCUT2D eigenvalue weighted by Crippen LogP contribution is 2.16. The van der Waals surface area contributed by atoms with Gasteiger partial charge in [0.1, 0.15) is 18.5 Å². The van der Waals surface area contributed by atoms with Gasteiger partial charge < -0.3 is 14.7 Å². The largest absolute Gasteiger partial charge is 0.491 e. The standard InChI is InChI=1S/C16H25NO2.ClH/c1-14-8-4-5-9-16(14)19-13-15(18)12-17-10-6-2-3-7-11-17;/h4-5,8-9,15,18H,2-3,6-7,10-13H2,1H3;1H. The lowest BCUT2D eigenvalue weighted by atomic mass is 10.2. The molecule has 1 fully saturated rings. The molecule has 3 nitrogen and oxygen atoms in total. The molecule has 114 valence electrons. The average Bonchev–Trinajstić information content (AvgIpc) is 2.66. The Morgan fingerprint density at radius 1 is 1.15 bits per heavy atom. The van der Waals surface area contributed by atoms with Gasteiger partial charge in [-0.05, 0) is 44.5 Å². The molecule has 0 amide bonds. The molecule has 2 rings (SSSR count). The van der Waals surface area contributed by atoms with Gasteiger partial charge in [-0.1, -0.05) is 31.0 Å². The van der Waals surface area contributed by atoms with Crippen molar-refractivity contribution < 1.29 is 9.84 Å². The summed E-state index contributed by atoms with van der Waals surface area (Å²) in [6.07, 6.45) is 4.76. The molecule has 1 atom stereocenters. The third-order valence-electron chi connectivity index (χ3n) is 3.69. The van der Waals surface area contributed by atoms with Crippen molar-refractivity contribution in [3.8, 4) is 5.75 Å². The lowest BCUT2D eigenvalue weighted by Gasteiger charge is -2.23. The summed E-state index contributed by atoms with van der Waals surface area (Å²) in [5.74, 6) is 0.873. The van der Waals surface area contributed by atoms with Crippen LogP contribution in [0.2, 0.25) is 0 Å². The Kier molecular flexibility index (Phi) is 7.97. The highest BCUT2D eigenvalue weighted by atomic mass is 35.5. The van der Waals surface area contributed by atoms with Crippen LogP contribution in [-0.4, -0.2) is 42.4 Å². The number of halogens is 1. The Balaban J connectivity index is 0.00000200. The van der Waals surface area contributed by atoms with Gasteiger partial charge in [0.25, 0.3) is 0 Å². The van der Waals surface area contributed by atoms with Gasteiger partial charge in [-0.15, -0.1) is 12.4 Å². The summed E-state index contributed by atoms with van der Waals surface area (Å²) in [7, 11) is 0. The minimum Gasteiger partial charge on any atom is -0.491 e. The molecule has 0 aliphatic carbocycles. The predicted molar refractivity (Wildman–Crippen MR) is 84.8 cm³/mol. The number of hydrogen-bond donors (Lipinski definition) is 1. The summed E-state index contributed by atoms with van der Waals surface area (Å²) in [4.78, 5) is 2.36. The summed E-state index contributed by atoms with van der Waals surface area (Å²) >= 11 is 0. The third-order valence-corrected chi connectivity index (χ3v) is 3.69. The quantitative estimate of drug-likeness (QED) is 0.907. The summed E-state index contributed by atoms with van der Waals surface area (Å²) in [5.41, 5.74) is 1.12. The van der Waals surface area contributed by atoms with Crippen LogP contribution in [0.1, 0.15) is 31.2 Å². The number of nitrogens with zero attached hydrogens (tertiary/aromatic N) is 1. The van der Waals surface area contributed by atoms with E-state index in [0.29, 0.717) is 6.61 Å². The highest BCUT2D eigenvalue weighted by molar-refractivity contribution is 5.85. The minimum atomic E-state index is -0.405. The van der Waals surface area contributed by atoms with Crippen LogP contribution in [0, 0.1) is 6.92 Å². The Bertz CT molecular complexity index is 378. The zero-order chi connectivity index (χ0) is 13.5. The first-order valence-electron chi connectivity index (χ1n) is 7.34. The van der Waals surface area contributed by atoms with Crippen LogP contribution >= 0.6 is 12.4 Å². The number of β-amino-alcohol motifs (C(OH)–C–C–N with tert-alkyl or cyclic N) is 1. The Morgan fingerprint density at radius 3 is 2.45 bits per heavy atom. The van der Waals surface area contributed by atoms with E-state index in [1.165, 1.54) is 25.7 Å². The Hall–Kier alpha value is -0.770. The molecular formula is C16H26ClNO2. The first-order valence-corrected chi connectivity index (χ1v) is 7.34. The number of rotatable bonds is 5. The monoisotopic (exact) mass is 299 g/mol. The molecule has 4 heteroatoms. The fourth-order valence-electron chi connectivity index (χ4n) is 2.57. The van der Waals surface area contributed by atoms with Crippen LogP contribution in [0.4, 0.5) is 0 Å². The number of aryl methyl sites for hydroxylation is 1. The van der Waals surface area contributed by atoms with E-state index in [1.54, 1.807) is 0 Å². The molecule has 0 saturated carbocycles. The number of ether oxygens (including phenoxy) is 1. The number of likely N-dealkylation sites (tertiary alicyclic amines) is 1. The molecule has 1 aliphatic heterocycles. The second-order valence-electron chi connectivity index (χ2n) is 5.45. The van der Waals surface area contributed by atoms with E-state index >= 15 is 0 Å². The van der Waals surface area contributed by atoms with Crippen molar-refractivity contribution in [2.24, 2.45) is 0 Å². The number of aliphatic hydroxyl groups excluding tert-OH is 1. The fourth-order valence-corrected chi connectivity index (χ4v) is 2.57. The topological polar surface area (TPSA) is 32.7 Å². The SMILES string of the molecule is Cc1ccccc1OCC(O)CN1CCCCCC1.Cl. The maximum Gasteiger partial charge on any atom is 0.122 e. The molecule has 0 spiro atoms. The average molecular weight is 300 g/mol.